The molecule has 0 spiro atoms. The van der Waals surface area contributed by atoms with Gasteiger partial charge in [-0.05, 0) is 42.7 Å². The lowest BCUT2D eigenvalue weighted by atomic mass is 10.2. The Balaban J connectivity index is 2.19. The number of benzene rings is 1. The summed E-state index contributed by atoms with van der Waals surface area (Å²) in [5.41, 5.74) is 1.43. The summed E-state index contributed by atoms with van der Waals surface area (Å²) in [5.74, 6) is 4.92. The molecule has 2 N–H and O–H groups in total. The van der Waals surface area contributed by atoms with Gasteiger partial charge in [0.15, 0.2) is 0 Å². The van der Waals surface area contributed by atoms with Crippen LogP contribution >= 0.6 is 11.8 Å². The Hall–Kier alpha value is -2.29. The number of anilines is 1. The zero-order valence-corrected chi connectivity index (χ0v) is 12.3. The second-order valence-electron chi connectivity index (χ2n) is 4.04. The molecule has 2 aromatic rings. The number of nitrogens with one attached hydrogen (secondary N) is 1. The van der Waals surface area contributed by atoms with E-state index in [4.69, 9.17) is 5.11 Å². The molecule has 0 saturated carbocycles. The third kappa shape index (κ3) is 4.09. The fourth-order valence-electron chi connectivity index (χ4n) is 1.69. The average Bonchev–Trinajstić information content (AvgIpc) is 2.54. The minimum absolute atomic E-state index is 0.243. The number of pyridine rings is 1. The molecule has 0 fully saturated rings. The third-order valence-corrected chi connectivity index (χ3v) is 3.42. The topological polar surface area (TPSA) is 62.2 Å². The van der Waals surface area contributed by atoms with Gasteiger partial charge >= 0.3 is 0 Å². The molecule has 0 bridgehead atoms. The van der Waals surface area contributed by atoms with Gasteiger partial charge in [0.1, 0.15) is 12.3 Å². The monoisotopic (exact) mass is 298 g/mol. The highest BCUT2D eigenvalue weighted by Gasteiger charge is 2.11. The van der Waals surface area contributed by atoms with E-state index in [0.29, 0.717) is 11.3 Å². The first kappa shape index (κ1) is 15.1. The van der Waals surface area contributed by atoms with Crippen LogP contribution in [0.15, 0.2) is 47.5 Å². The largest absolute Gasteiger partial charge is 0.384 e. The highest BCUT2D eigenvalue weighted by molar-refractivity contribution is 7.98. The number of amides is 1. The van der Waals surface area contributed by atoms with Crippen LogP contribution in [0.25, 0.3) is 0 Å². The first-order valence-electron chi connectivity index (χ1n) is 6.24. The summed E-state index contributed by atoms with van der Waals surface area (Å²) in [5, 5.41) is 11.5. The molecule has 0 saturated heterocycles. The van der Waals surface area contributed by atoms with Crippen molar-refractivity contribution in [2.45, 2.75) is 4.90 Å². The summed E-state index contributed by atoms with van der Waals surface area (Å²) in [7, 11) is 0. The van der Waals surface area contributed by atoms with E-state index >= 15 is 0 Å². The molecule has 2 rings (SSSR count). The van der Waals surface area contributed by atoms with Gasteiger partial charge in [0.2, 0.25) is 0 Å². The van der Waals surface area contributed by atoms with Gasteiger partial charge in [0.25, 0.3) is 5.91 Å². The van der Waals surface area contributed by atoms with E-state index < -0.39 is 0 Å². The molecule has 1 amide bonds. The first-order chi connectivity index (χ1) is 10.2. The molecule has 1 aromatic heterocycles. The van der Waals surface area contributed by atoms with Crippen LogP contribution in [0, 0.1) is 11.8 Å². The van der Waals surface area contributed by atoms with Crippen molar-refractivity contribution in [3.05, 3.63) is 53.9 Å². The van der Waals surface area contributed by atoms with Crippen molar-refractivity contribution >= 4 is 23.4 Å². The summed E-state index contributed by atoms with van der Waals surface area (Å²) < 4.78 is 0. The summed E-state index contributed by atoms with van der Waals surface area (Å²) in [6, 6.07) is 10.9. The molecule has 21 heavy (non-hydrogen) atoms. The van der Waals surface area contributed by atoms with Gasteiger partial charge in [-0.1, -0.05) is 11.8 Å². The second-order valence-corrected chi connectivity index (χ2v) is 4.92. The Morgan fingerprint density at radius 3 is 2.76 bits per heavy atom. The van der Waals surface area contributed by atoms with Crippen LogP contribution < -0.4 is 5.32 Å². The van der Waals surface area contributed by atoms with Crippen LogP contribution in [0.2, 0.25) is 0 Å². The lowest BCUT2D eigenvalue weighted by Crippen LogP contribution is -2.15. The molecule has 1 heterocycles. The zero-order valence-electron chi connectivity index (χ0n) is 11.5. The van der Waals surface area contributed by atoms with Crippen molar-refractivity contribution in [1.82, 2.24) is 4.98 Å². The number of aromatic nitrogens is 1. The number of hydrogen-bond donors (Lipinski definition) is 2. The lowest BCUT2D eigenvalue weighted by Gasteiger charge is -2.06. The quantitative estimate of drug-likeness (QED) is 0.675. The van der Waals surface area contributed by atoms with Crippen LogP contribution in [0.4, 0.5) is 5.69 Å². The summed E-state index contributed by atoms with van der Waals surface area (Å²) in [6.45, 7) is -0.258. The van der Waals surface area contributed by atoms with Gasteiger partial charge in [0, 0.05) is 16.8 Å². The molecular weight excluding hydrogens is 284 g/mol. The summed E-state index contributed by atoms with van der Waals surface area (Å²) >= 11 is 1.64. The lowest BCUT2D eigenvalue weighted by molar-refractivity contribution is 0.102. The second kappa shape index (κ2) is 7.48. The van der Waals surface area contributed by atoms with Crippen molar-refractivity contribution in [2.24, 2.45) is 0 Å². The van der Waals surface area contributed by atoms with Crippen LogP contribution in [-0.4, -0.2) is 28.9 Å². The van der Waals surface area contributed by atoms with E-state index in [1.165, 1.54) is 6.20 Å². The zero-order chi connectivity index (χ0) is 15.1. The Morgan fingerprint density at radius 1 is 1.33 bits per heavy atom. The molecule has 4 nitrogen and oxygen atoms in total. The van der Waals surface area contributed by atoms with Crippen molar-refractivity contribution in [1.29, 1.82) is 0 Å². The molecule has 0 atom stereocenters. The van der Waals surface area contributed by atoms with E-state index in [1.54, 1.807) is 23.9 Å². The van der Waals surface area contributed by atoms with Crippen molar-refractivity contribution in [3.8, 4) is 11.8 Å². The molecule has 0 aliphatic heterocycles. The first-order valence-corrected chi connectivity index (χ1v) is 7.47. The predicted molar refractivity (Wildman–Crippen MR) is 84.4 cm³/mol. The van der Waals surface area contributed by atoms with E-state index in [1.807, 2.05) is 30.5 Å². The molecular formula is C16H14N2O2S. The van der Waals surface area contributed by atoms with Crippen molar-refractivity contribution in [2.75, 3.05) is 18.2 Å². The minimum Gasteiger partial charge on any atom is -0.384 e. The number of carbonyl (C=O) groups is 1. The average molecular weight is 298 g/mol. The number of thioether (sulfide) groups is 1. The molecule has 0 unspecified atom stereocenters. The maximum Gasteiger partial charge on any atom is 0.275 e. The van der Waals surface area contributed by atoms with Crippen LogP contribution in [0.3, 0.4) is 0 Å². The van der Waals surface area contributed by atoms with E-state index in [2.05, 4.69) is 22.1 Å². The minimum atomic E-state index is -0.324. The number of aliphatic hydroxyl groups excluding tert-OH is 1. The highest BCUT2D eigenvalue weighted by Crippen LogP contribution is 2.18. The summed E-state index contributed by atoms with van der Waals surface area (Å²) in [6.07, 6.45) is 3.53. The van der Waals surface area contributed by atoms with Crippen LogP contribution in [0.1, 0.15) is 16.1 Å². The number of hydrogen-bond acceptors (Lipinski definition) is 4. The van der Waals surface area contributed by atoms with Crippen LogP contribution in [-0.2, 0) is 0 Å². The normalized spacial score (nSPS) is 9.62. The SMILES string of the molecule is CSc1ccc(NC(=O)c2ncccc2C#CCO)cc1. The number of carbonyl (C=O) groups excluding carboxylic acids is 1. The molecule has 0 radical (unpaired) electrons. The van der Waals surface area contributed by atoms with Crippen molar-refractivity contribution in [3.63, 3.8) is 0 Å². The maximum atomic E-state index is 12.2. The van der Waals surface area contributed by atoms with Gasteiger partial charge in [-0.15, -0.1) is 11.8 Å². The Labute approximate surface area is 127 Å². The predicted octanol–water partition coefficient (Wildman–Crippen LogP) is 2.40. The molecule has 0 aliphatic rings. The van der Waals surface area contributed by atoms with E-state index in [9.17, 15) is 4.79 Å². The van der Waals surface area contributed by atoms with E-state index in [0.717, 1.165) is 4.90 Å². The fraction of sp³-hybridized carbons (Fsp3) is 0.125. The van der Waals surface area contributed by atoms with Gasteiger partial charge in [-0.3, -0.25) is 4.79 Å². The molecule has 5 heteroatoms. The van der Waals surface area contributed by atoms with Gasteiger partial charge in [-0.2, -0.15) is 0 Å². The number of aliphatic hydroxyl groups is 1. The fourth-order valence-corrected chi connectivity index (χ4v) is 2.09. The molecule has 106 valence electrons. The summed E-state index contributed by atoms with van der Waals surface area (Å²) in [4.78, 5) is 17.4. The standard InChI is InChI=1S/C16H14N2O2S/c1-21-14-8-6-13(7-9-14)18-16(20)15-12(5-3-11-19)4-2-10-17-15/h2,4,6-10,19H,11H2,1H3,(H,18,20). The van der Waals surface area contributed by atoms with Gasteiger partial charge in [-0.25, -0.2) is 4.98 Å². The molecule has 1 aromatic carbocycles. The Kier molecular flexibility index (Phi) is 5.38. The van der Waals surface area contributed by atoms with Crippen molar-refractivity contribution < 1.29 is 9.90 Å². The Bertz CT molecular complexity index is 687. The third-order valence-electron chi connectivity index (χ3n) is 2.67. The van der Waals surface area contributed by atoms with Gasteiger partial charge < -0.3 is 10.4 Å². The maximum absolute atomic E-state index is 12.2. The number of rotatable bonds is 3. The Morgan fingerprint density at radius 2 is 2.10 bits per heavy atom. The van der Waals surface area contributed by atoms with Crippen LogP contribution in [0.5, 0.6) is 0 Å². The number of nitrogens with zero attached hydrogens (tertiary/aromatic N) is 1. The molecule has 0 aliphatic carbocycles. The van der Waals surface area contributed by atoms with Gasteiger partial charge in [0.05, 0.1) is 5.56 Å². The highest BCUT2D eigenvalue weighted by atomic mass is 32.2. The smallest absolute Gasteiger partial charge is 0.275 e. The van der Waals surface area contributed by atoms with E-state index in [-0.39, 0.29) is 18.2 Å².